The fourth-order valence-corrected chi connectivity index (χ4v) is 7.41. The second-order valence-electron chi connectivity index (χ2n) is 9.50. The summed E-state index contributed by atoms with van der Waals surface area (Å²) in [5, 5.41) is 13.9. The van der Waals surface area contributed by atoms with E-state index in [-0.39, 0.29) is 29.9 Å². The number of sulfonamides is 1. The van der Waals surface area contributed by atoms with Gasteiger partial charge in [-0.15, -0.1) is 0 Å². The van der Waals surface area contributed by atoms with Crippen molar-refractivity contribution >= 4 is 27.6 Å². The number of hydrogen-bond acceptors (Lipinski definition) is 8. The second-order valence-corrected chi connectivity index (χ2v) is 11.8. The van der Waals surface area contributed by atoms with Crippen molar-refractivity contribution in [2.45, 2.75) is 30.2 Å². The highest BCUT2D eigenvalue weighted by molar-refractivity contribution is 7.91. The Morgan fingerprint density at radius 1 is 1.26 bits per heavy atom. The van der Waals surface area contributed by atoms with Crippen molar-refractivity contribution in [3.05, 3.63) is 77.8 Å². The van der Waals surface area contributed by atoms with E-state index in [9.17, 15) is 17.6 Å². The van der Waals surface area contributed by atoms with Crippen LogP contribution in [0.2, 0.25) is 0 Å². The largest absolute Gasteiger partial charge is 0.447 e. The van der Waals surface area contributed by atoms with Crippen molar-refractivity contribution in [1.29, 1.82) is 5.41 Å². The summed E-state index contributed by atoms with van der Waals surface area (Å²) in [7, 11) is -2.87. The highest BCUT2D eigenvalue weighted by Crippen LogP contribution is 2.49. The molecule has 0 bridgehead atoms. The Morgan fingerprint density at radius 2 is 2.05 bits per heavy atom. The number of nitrogens with one attached hydrogen (secondary N) is 3. The van der Waals surface area contributed by atoms with Gasteiger partial charge in [0.1, 0.15) is 27.8 Å². The van der Waals surface area contributed by atoms with E-state index in [1.807, 2.05) is 4.90 Å². The van der Waals surface area contributed by atoms with E-state index in [1.54, 1.807) is 13.1 Å². The fraction of sp³-hybridized carbons (Fsp3) is 0.333. The molecule has 11 nitrogen and oxygen atoms in total. The zero-order valence-electron chi connectivity index (χ0n) is 20.5. The Bertz CT molecular complexity index is 1500. The van der Waals surface area contributed by atoms with E-state index in [4.69, 9.17) is 9.83 Å². The number of halogens is 2. The Balaban J connectivity index is 1.54. The molecule has 2 saturated heterocycles. The third-order valence-corrected chi connectivity index (χ3v) is 9.98. The Morgan fingerprint density at radius 3 is 2.74 bits per heavy atom. The predicted molar refractivity (Wildman–Crippen MR) is 133 cm³/mol. The number of benzene rings is 1. The van der Waals surface area contributed by atoms with Crippen LogP contribution in [-0.2, 0) is 22.1 Å². The molecule has 0 saturated carbocycles. The first kappa shape index (κ1) is 25.7. The Labute approximate surface area is 217 Å². The minimum absolute atomic E-state index is 0.0205. The lowest BCUT2D eigenvalue weighted by atomic mass is 9.77. The summed E-state index contributed by atoms with van der Waals surface area (Å²) >= 11 is 0. The lowest BCUT2D eigenvalue weighted by Crippen LogP contribution is -2.74. The highest BCUT2D eigenvalue weighted by atomic mass is 32.2. The molecule has 14 heteroatoms. The van der Waals surface area contributed by atoms with Crippen LogP contribution in [0.25, 0.3) is 0 Å². The van der Waals surface area contributed by atoms with Gasteiger partial charge in [-0.2, -0.15) is 0 Å². The third-order valence-electron chi connectivity index (χ3n) is 7.35. The molecule has 4 heterocycles. The smallest absolute Gasteiger partial charge is 0.274 e. The van der Waals surface area contributed by atoms with Crippen LogP contribution in [-0.4, -0.2) is 64.3 Å². The Hall–Kier alpha value is -3.91. The van der Waals surface area contributed by atoms with E-state index in [2.05, 4.69) is 20.6 Å². The van der Waals surface area contributed by atoms with Crippen LogP contribution in [0.1, 0.15) is 35.2 Å². The molecular weight excluding hydrogens is 520 g/mol. The van der Waals surface area contributed by atoms with E-state index < -0.39 is 43.8 Å². The first-order valence-corrected chi connectivity index (χ1v) is 13.1. The van der Waals surface area contributed by atoms with Gasteiger partial charge in [0.2, 0.25) is 16.0 Å². The van der Waals surface area contributed by atoms with Gasteiger partial charge in [0, 0.05) is 31.4 Å². The predicted octanol–water partition coefficient (Wildman–Crippen LogP) is 2.26. The highest BCUT2D eigenvalue weighted by Gasteiger charge is 2.66. The molecule has 2 fully saturated rings. The number of guanidine groups is 1. The van der Waals surface area contributed by atoms with Crippen LogP contribution in [0.3, 0.4) is 0 Å². The quantitative estimate of drug-likeness (QED) is 0.443. The molecule has 38 heavy (non-hydrogen) atoms. The molecule has 0 unspecified atom stereocenters. The molecule has 200 valence electrons. The summed E-state index contributed by atoms with van der Waals surface area (Å²) in [6.07, 6.45) is 3.87. The number of nitrogens with zero attached hydrogens (tertiary/aromatic N) is 4. The van der Waals surface area contributed by atoms with Crippen LogP contribution in [0.5, 0.6) is 0 Å². The number of rotatable bonds is 5. The summed E-state index contributed by atoms with van der Waals surface area (Å²) < 4.78 is 61.2. The number of likely N-dealkylation sites (tertiary alicyclic amines) is 1. The monoisotopic (exact) mass is 545 g/mol. The average molecular weight is 546 g/mol. The SMILES string of the molecule is CN1C(=N)N[C@](C)(c2cc(NC(=O)c3ccc(F)cn3)ccc2F)[C@@]2(CCN(Cc3cnco3)C2)S1(=O)=O. The standard InChI is InChI=1S/C24H25F2N7O4S/c1-23(18-9-16(4-5-19(18)26)30-21(34)20-6-3-15(25)10-29-20)24(38(35,36)32(2)22(27)31-23)7-8-33(13-24)12-17-11-28-14-37-17/h3-6,9-11,14H,7-8,12-13H2,1-2H3,(H2,27,31)(H,30,34)/t23-,24+/m1/s1. The minimum Gasteiger partial charge on any atom is -0.447 e. The number of carbonyl (C=O) groups is 1. The van der Waals surface area contributed by atoms with Crippen molar-refractivity contribution in [2.24, 2.45) is 0 Å². The molecule has 3 aromatic rings. The van der Waals surface area contributed by atoms with Gasteiger partial charge < -0.3 is 15.1 Å². The molecule has 1 amide bonds. The molecule has 2 atom stereocenters. The molecule has 0 radical (unpaired) electrons. The van der Waals surface area contributed by atoms with Crippen molar-refractivity contribution in [3.8, 4) is 0 Å². The van der Waals surface area contributed by atoms with Gasteiger partial charge in [-0.1, -0.05) is 0 Å². The summed E-state index contributed by atoms with van der Waals surface area (Å²) in [4.78, 5) is 22.2. The number of aromatic nitrogens is 2. The summed E-state index contributed by atoms with van der Waals surface area (Å²) in [5.41, 5.74) is -1.51. The average Bonchev–Trinajstić information content (AvgIpc) is 3.55. The van der Waals surface area contributed by atoms with Gasteiger partial charge in [-0.3, -0.25) is 15.1 Å². The summed E-state index contributed by atoms with van der Waals surface area (Å²) in [5.74, 6) is -1.82. The second kappa shape index (κ2) is 9.13. The summed E-state index contributed by atoms with van der Waals surface area (Å²) in [6, 6.07) is 6.10. The van der Waals surface area contributed by atoms with Gasteiger partial charge >= 0.3 is 0 Å². The zero-order chi connectivity index (χ0) is 27.3. The lowest BCUT2D eigenvalue weighted by Gasteiger charge is -2.52. The number of carbonyl (C=O) groups excluding carboxylic acids is 1. The van der Waals surface area contributed by atoms with Crippen LogP contribution in [0, 0.1) is 17.0 Å². The van der Waals surface area contributed by atoms with Gasteiger partial charge in [0.25, 0.3) is 5.91 Å². The number of pyridine rings is 1. The van der Waals surface area contributed by atoms with Crippen LogP contribution >= 0.6 is 0 Å². The topological polar surface area (TPSA) is 145 Å². The minimum atomic E-state index is -4.16. The molecule has 2 aliphatic heterocycles. The van der Waals surface area contributed by atoms with Crippen molar-refractivity contribution in [2.75, 3.05) is 25.5 Å². The van der Waals surface area contributed by atoms with Crippen LogP contribution in [0.4, 0.5) is 14.5 Å². The number of amides is 1. The first-order valence-electron chi connectivity index (χ1n) is 11.6. The van der Waals surface area contributed by atoms with Crippen LogP contribution < -0.4 is 10.6 Å². The number of anilines is 1. The van der Waals surface area contributed by atoms with Crippen molar-refractivity contribution in [3.63, 3.8) is 0 Å². The third kappa shape index (κ3) is 4.00. The first-order chi connectivity index (χ1) is 18.0. The lowest BCUT2D eigenvalue weighted by molar-refractivity contribution is 0.102. The number of hydrogen-bond donors (Lipinski definition) is 3. The van der Waals surface area contributed by atoms with Gasteiger partial charge in [-0.05, 0) is 43.7 Å². The van der Waals surface area contributed by atoms with E-state index >= 15 is 4.39 Å². The molecule has 2 aliphatic rings. The fourth-order valence-electron chi connectivity index (χ4n) is 5.23. The molecule has 5 rings (SSSR count). The van der Waals surface area contributed by atoms with E-state index in [0.717, 1.165) is 22.6 Å². The maximum atomic E-state index is 15.5. The summed E-state index contributed by atoms with van der Waals surface area (Å²) in [6.45, 7) is 2.24. The van der Waals surface area contributed by atoms with Crippen LogP contribution in [0.15, 0.2) is 53.5 Å². The van der Waals surface area contributed by atoms with E-state index in [1.165, 1.54) is 31.6 Å². The van der Waals surface area contributed by atoms with Gasteiger partial charge in [0.15, 0.2) is 6.39 Å². The molecule has 3 N–H and O–H groups in total. The molecule has 2 aromatic heterocycles. The number of oxazole rings is 1. The molecule has 1 spiro atoms. The maximum Gasteiger partial charge on any atom is 0.274 e. The van der Waals surface area contributed by atoms with E-state index in [0.29, 0.717) is 18.8 Å². The van der Waals surface area contributed by atoms with Crippen molar-refractivity contribution < 1.29 is 26.4 Å². The maximum absolute atomic E-state index is 15.5. The zero-order valence-corrected chi connectivity index (χ0v) is 21.3. The molecule has 0 aliphatic carbocycles. The molecular formula is C24H25F2N7O4S. The normalized spacial score (nSPS) is 24.9. The van der Waals surface area contributed by atoms with Gasteiger partial charge in [0.05, 0.1) is 24.5 Å². The van der Waals surface area contributed by atoms with Crippen molar-refractivity contribution in [1.82, 2.24) is 24.5 Å². The Kier molecular flexibility index (Phi) is 6.18. The molecule has 1 aromatic carbocycles. The van der Waals surface area contributed by atoms with Gasteiger partial charge in [-0.25, -0.2) is 31.5 Å².